The number of hydrogen-bond acceptors (Lipinski definition) is 6. The number of hydrogen-bond donors (Lipinski definition) is 3. The van der Waals surface area contributed by atoms with E-state index in [1.54, 1.807) is 42.5 Å². The molecule has 0 aromatic heterocycles. The molecule has 0 radical (unpaired) electrons. The second kappa shape index (κ2) is 8.46. The van der Waals surface area contributed by atoms with E-state index in [-0.39, 0.29) is 0 Å². The Bertz CT molecular complexity index is 1270. The van der Waals surface area contributed by atoms with Crippen molar-refractivity contribution in [1.29, 1.82) is 0 Å². The van der Waals surface area contributed by atoms with E-state index in [1.807, 2.05) is 24.3 Å². The van der Waals surface area contributed by atoms with Crippen molar-refractivity contribution in [2.24, 2.45) is 5.92 Å². The van der Waals surface area contributed by atoms with Crippen molar-refractivity contribution in [2.75, 3.05) is 7.11 Å². The Morgan fingerprint density at radius 2 is 1.64 bits per heavy atom. The van der Waals surface area contributed by atoms with E-state index in [1.165, 1.54) is 19.3 Å². The third-order valence-electron chi connectivity index (χ3n) is 6.52. The maximum Gasteiger partial charge on any atom is 0.288 e. The minimum absolute atomic E-state index is 0.474. The van der Waals surface area contributed by atoms with Crippen molar-refractivity contribution in [3.05, 3.63) is 89.5 Å². The molecule has 2 aromatic rings. The highest BCUT2D eigenvalue weighted by Crippen LogP contribution is 2.51. The fraction of sp³-hybridized carbons (Fsp3) is 0.304. The molecule has 0 bridgehead atoms. The number of rotatable bonds is 6. The van der Waals surface area contributed by atoms with Gasteiger partial charge in [0, 0.05) is 26.0 Å². The van der Waals surface area contributed by atoms with E-state index < -0.39 is 48.3 Å². The predicted molar refractivity (Wildman–Crippen MR) is 124 cm³/mol. The second-order valence-corrected chi connectivity index (χ2v) is 11.9. The molecule has 0 fully saturated rings. The van der Waals surface area contributed by atoms with E-state index in [9.17, 15) is 25.9 Å². The summed E-state index contributed by atoms with van der Waals surface area (Å²) in [7, 11) is -9.33. The lowest BCUT2D eigenvalue weighted by molar-refractivity contribution is -0.0162. The summed E-state index contributed by atoms with van der Waals surface area (Å²) < 4.78 is 74.1. The van der Waals surface area contributed by atoms with Gasteiger partial charge in [0.2, 0.25) is 4.08 Å². The number of ether oxygens (including phenoxy) is 1. The minimum atomic E-state index is -5.34. The van der Waals surface area contributed by atoms with Gasteiger partial charge in [-0.2, -0.15) is 16.8 Å². The zero-order chi connectivity index (χ0) is 23.9. The molecule has 3 N–H and O–H groups in total. The Balaban J connectivity index is 1.89. The Hall–Kier alpha value is -2.34. The van der Waals surface area contributed by atoms with E-state index in [0.717, 1.165) is 11.1 Å². The smallest absolute Gasteiger partial charge is 0.288 e. The Morgan fingerprint density at radius 3 is 2.27 bits per heavy atom. The van der Waals surface area contributed by atoms with Crippen LogP contribution in [0.15, 0.2) is 72.8 Å². The monoisotopic (exact) mass is 491 g/mol. The molecule has 0 saturated heterocycles. The number of fused-ring (bicyclic) bond motifs is 1. The molecule has 1 heterocycles. The summed E-state index contributed by atoms with van der Waals surface area (Å²) in [6.07, 6.45) is 5.14. The molecular weight excluding hydrogens is 466 g/mol. The first-order valence-electron chi connectivity index (χ1n) is 10.3. The molecule has 33 heavy (non-hydrogen) atoms. The molecule has 3 unspecified atom stereocenters. The highest BCUT2D eigenvalue weighted by atomic mass is 32.3. The summed E-state index contributed by atoms with van der Waals surface area (Å²) in [6.45, 7) is 0.474. The van der Waals surface area contributed by atoms with Gasteiger partial charge in [-0.3, -0.25) is 9.11 Å². The molecule has 2 aliphatic rings. The molecule has 3 atom stereocenters. The van der Waals surface area contributed by atoms with E-state index in [0.29, 0.717) is 12.1 Å². The average molecular weight is 492 g/mol. The number of benzene rings is 2. The second-order valence-electron chi connectivity index (χ2n) is 8.27. The first-order chi connectivity index (χ1) is 15.5. The van der Waals surface area contributed by atoms with Crippen LogP contribution in [0.25, 0.3) is 6.08 Å². The SMILES string of the molecule is COC1(C2NCc3ccccc32)C=CC(C=Cc2ccccc2)C(S(=O)(=O)O)(S(=O)(=O)O)C1. The molecule has 4 rings (SSSR count). The molecule has 1 aliphatic carbocycles. The van der Waals surface area contributed by atoms with E-state index in [2.05, 4.69) is 5.32 Å². The van der Waals surface area contributed by atoms with Gasteiger partial charge in [-0.1, -0.05) is 78.9 Å². The van der Waals surface area contributed by atoms with Crippen molar-refractivity contribution >= 4 is 26.3 Å². The standard InChI is InChI=1S/C23H25NO7S2/c1-31-22(21-20-10-6-5-9-18(20)15-24-21)14-13-19(12-11-17-7-3-2-4-8-17)23(16-22,32(25,26)27)33(28,29)30/h2-14,19,21,24H,15-16H2,1H3,(H,25,26,27)(H,28,29,30). The molecule has 0 saturated carbocycles. The van der Waals surface area contributed by atoms with Gasteiger partial charge < -0.3 is 10.1 Å². The van der Waals surface area contributed by atoms with Gasteiger partial charge in [-0.15, -0.1) is 0 Å². The maximum absolute atomic E-state index is 12.7. The quantitative estimate of drug-likeness (QED) is 0.415. The van der Waals surface area contributed by atoms with Gasteiger partial charge in [0.1, 0.15) is 5.60 Å². The van der Waals surface area contributed by atoms with E-state index in [4.69, 9.17) is 4.74 Å². The Morgan fingerprint density at radius 1 is 1.00 bits per heavy atom. The minimum Gasteiger partial charge on any atom is -0.372 e. The lowest BCUT2D eigenvalue weighted by Crippen LogP contribution is -2.60. The van der Waals surface area contributed by atoms with Gasteiger partial charge in [-0.25, -0.2) is 0 Å². The van der Waals surface area contributed by atoms with Crippen molar-refractivity contribution in [3.8, 4) is 0 Å². The van der Waals surface area contributed by atoms with Crippen LogP contribution < -0.4 is 5.32 Å². The summed E-state index contributed by atoms with van der Waals surface area (Å²) in [5.74, 6) is -1.37. The third-order valence-corrected chi connectivity index (χ3v) is 10.4. The zero-order valence-electron chi connectivity index (χ0n) is 17.8. The number of allylic oxidation sites excluding steroid dienone is 2. The van der Waals surface area contributed by atoms with Gasteiger partial charge >= 0.3 is 0 Å². The van der Waals surface area contributed by atoms with Gasteiger partial charge in [-0.05, 0) is 16.7 Å². The van der Waals surface area contributed by atoms with Crippen molar-refractivity contribution in [1.82, 2.24) is 5.32 Å². The van der Waals surface area contributed by atoms with Gasteiger partial charge in [0.25, 0.3) is 20.2 Å². The van der Waals surface area contributed by atoms with Crippen LogP contribution in [0.2, 0.25) is 0 Å². The largest absolute Gasteiger partial charge is 0.372 e. The number of methoxy groups -OCH3 is 1. The Kier molecular flexibility index (Phi) is 6.10. The van der Waals surface area contributed by atoms with Crippen molar-refractivity contribution in [3.63, 3.8) is 0 Å². The summed E-state index contributed by atoms with van der Waals surface area (Å²) in [5, 5.41) is 3.25. The summed E-state index contributed by atoms with van der Waals surface area (Å²) in [6, 6.07) is 15.7. The van der Waals surface area contributed by atoms with Crippen molar-refractivity contribution in [2.45, 2.75) is 28.7 Å². The van der Waals surface area contributed by atoms with Crippen LogP contribution in [-0.4, -0.2) is 42.7 Å². The average Bonchev–Trinajstić information content (AvgIpc) is 3.21. The molecule has 2 aromatic carbocycles. The first-order valence-corrected chi connectivity index (χ1v) is 13.2. The van der Waals surface area contributed by atoms with Crippen LogP contribution >= 0.6 is 0 Å². The molecular formula is C23H25NO7S2. The summed E-state index contributed by atoms with van der Waals surface area (Å²) in [4.78, 5) is 0. The zero-order valence-corrected chi connectivity index (χ0v) is 19.5. The highest BCUT2D eigenvalue weighted by Gasteiger charge is 2.65. The molecule has 0 amide bonds. The van der Waals surface area contributed by atoms with Crippen LogP contribution in [-0.2, 0) is 31.5 Å². The topological polar surface area (TPSA) is 130 Å². The molecule has 0 spiro atoms. The summed E-state index contributed by atoms with van der Waals surface area (Å²) >= 11 is 0. The fourth-order valence-corrected chi connectivity index (χ4v) is 7.70. The lowest BCUT2D eigenvalue weighted by Gasteiger charge is -2.46. The van der Waals surface area contributed by atoms with Crippen LogP contribution in [0.5, 0.6) is 0 Å². The van der Waals surface area contributed by atoms with Crippen LogP contribution in [0.1, 0.15) is 29.2 Å². The third kappa shape index (κ3) is 3.96. The van der Waals surface area contributed by atoms with Crippen LogP contribution in [0, 0.1) is 5.92 Å². The highest BCUT2D eigenvalue weighted by molar-refractivity contribution is 8.05. The van der Waals surface area contributed by atoms with Crippen LogP contribution in [0.4, 0.5) is 0 Å². The Labute approximate surface area is 193 Å². The molecule has 176 valence electrons. The van der Waals surface area contributed by atoms with Crippen LogP contribution in [0.3, 0.4) is 0 Å². The van der Waals surface area contributed by atoms with Gasteiger partial charge in [0.15, 0.2) is 0 Å². The first kappa shape index (κ1) is 23.8. The lowest BCUT2D eigenvalue weighted by atomic mass is 9.77. The summed E-state index contributed by atoms with van der Waals surface area (Å²) in [5.41, 5.74) is 1.000. The molecule has 10 heteroatoms. The van der Waals surface area contributed by atoms with Gasteiger partial charge in [0.05, 0.1) is 6.04 Å². The fourth-order valence-electron chi connectivity index (χ4n) is 4.82. The maximum atomic E-state index is 12.7. The molecule has 1 aliphatic heterocycles. The normalized spacial score (nSPS) is 27.0. The van der Waals surface area contributed by atoms with E-state index >= 15 is 0 Å². The molecule has 8 nitrogen and oxygen atoms in total. The number of nitrogens with one attached hydrogen (secondary N) is 1. The predicted octanol–water partition coefficient (Wildman–Crippen LogP) is 2.98. The van der Waals surface area contributed by atoms with Crippen molar-refractivity contribution < 1.29 is 30.7 Å².